The summed E-state index contributed by atoms with van der Waals surface area (Å²) in [6.45, 7) is 0.198. The Morgan fingerprint density at radius 2 is 1.74 bits per heavy atom. The minimum Gasteiger partial charge on any atom is -0.463 e. The zero-order chi connectivity index (χ0) is 19.1. The lowest BCUT2D eigenvalue weighted by Crippen LogP contribution is -2.29. The molecule has 4 rings (SSSR count). The minimum atomic E-state index is -0.950. The molecule has 7 nitrogen and oxygen atoms in total. The van der Waals surface area contributed by atoms with Gasteiger partial charge in [0, 0.05) is 11.4 Å². The van der Waals surface area contributed by atoms with Gasteiger partial charge in [0.2, 0.25) is 6.10 Å². The molecule has 2 aliphatic heterocycles. The van der Waals surface area contributed by atoms with Crippen molar-refractivity contribution in [2.24, 2.45) is 0 Å². The van der Waals surface area contributed by atoms with Crippen molar-refractivity contribution in [2.45, 2.75) is 12.5 Å². The van der Waals surface area contributed by atoms with E-state index >= 15 is 0 Å². The zero-order valence-electron chi connectivity index (χ0n) is 13.8. The number of ether oxygens (including phenoxy) is 2. The summed E-state index contributed by atoms with van der Waals surface area (Å²) < 4.78 is 9.87. The summed E-state index contributed by atoms with van der Waals surface area (Å²) >= 11 is 5.84. The van der Waals surface area contributed by atoms with Gasteiger partial charge in [-0.3, -0.25) is 9.59 Å². The van der Waals surface area contributed by atoms with Crippen LogP contribution in [0.5, 0.6) is 0 Å². The molecule has 1 fully saturated rings. The summed E-state index contributed by atoms with van der Waals surface area (Å²) in [5, 5.41) is 0.478. The number of anilines is 1. The van der Waals surface area contributed by atoms with Gasteiger partial charge in [0.15, 0.2) is 0 Å². The Labute approximate surface area is 158 Å². The van der Waals surface area contributed by atoms with Crippen LogP contribution < -0.4 is 4.90 Å². The topological polar surface area (TPSA) is 90.0 Å². The van der Waals surface area contributed by atoms with Crippen molar-refractivity contribution in [1.29, 1.82) is 0 Å². The normalized spacial score (nSPS) is 18.5. The average Bonchev–Trinajstić information content (AvgIpc) is 3.17. The van der Waals surface area contributed by atoms with Crippen LogP contribution in [-0.2, 0) is 14.3 Å². The molecule has 1 atom stereocenters. The number of benzene rings is 2. The number of amides is 2. The third kappa shape index (κ3) is 2.96. The summed E-state index contributed by atoms with van der Waals surface area (Å²) in [5.74, 6) is -2.39. The lowest BCUT2D eigenvalue weighted by molar-refractivity contribution is -0.145. The number of hydrogen-bond acceptors (Lipinski definition) is 6. The number of halogens is 1. The van der Waals surface area contributed by atoms with Crippen LogP contribution in [0.1, 0.15) is 37.5 Å². The molecule has 2 heterocycles. The van der Waals surface area contributed by atoms with Crippen molar-refractivity contribution in [2.75, 3.05) is 11.5 Å². The van der Waals surface area contributed by atoms with E-state index in [-0.39, 0.29) is 29.7 Å². The fraction of sp³-hybridized carbons (Fsp3) is 0.158. The first-order valence-corrected chi connectivity index (χ1v) is 8.49. The maximum atomic E-state index is 12.7. The quantitative estimate of drug-likeness (QED) is 0.596. The largest absolute Gasteiger partial charge is 0.463 e. The van der Waals surface area contributed by atoms with Gasteiger partial charge in [-0.15, -0.1) is 0 Å². The molecule has 136 valence electrons. The number of fused-ring (bicyclic) bond motifs is 1. The minimum absolute atomic E-state index is 0.0764. The van der Waals surface area contributed by atoms with Gasteiger partial charge in [0.05, 0.1) is 29.0 Å². The molecule has 0 unspecified atom stereocenters. The molecule has 8 heteroatoms. The van der Waals surface area contributed by atoms with E-state index in [9.17, 15) is 19.2 Å². The lowest BCUT2D eigenvalue weighted by Gasteiger charge is -2.13. The summed E-state index contributed by atoms with van der Waals surface area (Å²) in [6, 6.07) is 10.4. The van der Waals surface area contributed by atoms with Crippen molar-refractivity contribution in [3.8, 4) is 0 Å². The van der Waals surface area contributed by atoms with E-state index in [2.05, 4.69) is 0 Å². The number of nitrogens with zero attached hydrogens (tertiary/aromatic N) is 1. The van der Waals surface area contributed by atoms with E-state index < -0.39 is 29.9 Å². The first-order chi connectivity index (χ1) is 13.0. The van der Waals surface area contributed by atoms with E-state index in [1.807, 2.05) is 0 Å². The Morgan fingerprint density at radius 1 is 1.04 bits per heavy atom. The Kier molecular flexibility index (Phi) is 4.16. The molecule has 2 amide bonds. The second-order valence-corrected chi connectivity index (χ2v) is 6.47. The van der Waals surface area contributed by atoms with Crippen LogP contribution in [0.15, 0.2) is 42.5 Å². The van der Waals surface area contributed by atoms with E-state index in [4.69, 9.17) is 21.1 Å². The SMILES string of the molecule is O=C(O[C@@H]1CCOC1=O)c1ccc2c(c1)C(=O)N(c1ccc(Cl)cc1)C2=O. The molecule has 2 aromatic carbocycles. The van der Waals surface area contributed by atoms with Crippen LogP contribution in [-0.4, -0.2) is 36.5 Å². The van der Waals surface area contributed by atoms with Gasteiger partial charge >= 0.3 is 11.9 Å². The van der Waals surface area contributed by atoms with Gasteiger partial charge < -0.3 is 9.47 Å². The van der Waals surface area contributed by atoms with Gasteiger partial charge in [-0.1, -0.05) is 11.6 Å². The monoisotopic (exact) mass is 385 g/mol. The fourth-order valence-electron chi connectivity index (χ4n) is 2.97. The highest BCUT2D eigenvalue weighted by atomic mass is 35.5. The predicted octanol–water partition coefficient (Wildman–Crippen LogP) is 2.61. The van der Waals surface area contributed by atoms with Crippen LogP contribution in [0.2, 0.25) is 5.02 Å². The average molecular weight is 386 g/mol. The first kappa shape index (κ1) is 17.2. The van der Waals surface area contributed by atoms with Crippen molar-refractivity contribution >= 4 is 41.0 Å². The van der Waals surface area contributed by atoms with Crippen LogP contribution >= 0.6 is 11.6 Å². The molecular formula is C19H12ClNO6. The molecule has 27 heavy (non-hydrogen) atoms. The van der Waals surface area contributed by atoms with Crippen molar-refractivity contribution in [3.05, 3.63) is 64.2 Å². The second-order valence-electron chi connectivity index (χ2n) is 6.03. The molecule has 1 saturated heterocycles. The third-order valence-corrected chi connectivity index (χ3v) is 4.60. The van der Waals surface area contributed by atoms with Gasteiger partial charge in [-0.2, -0.15) is 0 Å². The molecule has 0 spiro atoms. The molecule has 0 bridgehead atoms. The summed E-state index contributed by atoms with van der Waals surface area (Å²) in [6.07, 6.45) is -0.661. The Morgan fingerprint density at radius 3 is 2.41 bits per heavy atom. The van der Waals surface area contributed by atoms with Crippen molar-refractivity contribution < 1.29 is 28.7 Å². The fourth-order valence-corrected chi connectivity index (χ4v) is 3.10. The first-order valence-electron chi connectivity index (χ1n) is 8.12. The Hall–Kier alpha value is -3.19. The highest BCUT2D eigenvalue weighted by Gasteiger charge is 2.38. The Bertz CT molecular complexity index is 984. The van der Waals surface area contributed by atoms with E-state index in [1.165, 1.54) is 18.2 Å². The number of esters is 2. The Balaban J connectivity index is 1.61. The molecule has 2 aliphatic rings. The number of rotatable bonds is 3. The predicted molar refractivity (Wildman–Crippen MR) is 93.8 cm³/mol. The number of hydrogen-bond donors (Lipinski definition) is 0. The van der Waals surface area contributed by atoms with Crippen LogP contribution in [0.3, 0.4) is 0 Å². The van der Waals surface area contributed by atoms with Crippen LogP contribution in [0.4, 0.5) is 5.69 Å². The van der Waals surface area contributed by atoms with E-state index in [0.717, 1.165) is 4.90 Å². The highest BCUT2D eigenvalue weighted by Crippen LogP contribution is 2.30. The molecular weight excluding hydrogens is 374 g/mol. The molecule has 0 aliphatic carbocycles. The maximum absolute atomic E-state index is 12.7. The molecule has 0 saturated carbocycles. The van der Waals surface area contributed by atoms with Gasteiger partial charge in [0.25, 0.3) is 11.8 Å². The third-order valence-electron chi connectivity index (χ3n) is 4.34. The summed E-state index contributed by atoms with van der Waals surface area (Å²) in [4.78, 5) is 50.0. The lowest BCUT2D eigenvalue weighted by atomic mass is 10.1. The van der Waals surface area contributed by atoms with Gasteiger partial charge in [-0.05, 0) is 42.5 Å². The number of carbonyl (C=O) groups excluding carboxylic acids is 4. The molecule has 0 radical (unpaired) electrons. The maximum Gasteiger partial charge on any atom is 0.347 e. The molecule has 0 N–H and O–H groups in total. The standard InChI is InChI=1S/C19H12ClNO6/c20-11-2-4-12(5-3-11)21-16(22)13-6-1-10(9-14(13)17(21)23)18(24)27-15-7-8-26-19(15)25/h1-6,9,15H,7-8H2/t15-/m1/s1. The van der Waals surface area contributed by atoms with Crippen molar-refractivity contribution in [3.63, 3.8) is 0 Å². The number of carbonyl (C=O) groups is 4. The number of imide groups is 1. The van der Waals surface area contributed by atoms with Gasteiger partial charge in [0.1, 0.15) is 0 Å². The van der Waals surface area contributed by atoms with E-state index in [0.29, 0.717) is 10.7 Å². The second kappa shape index (κ2) is 6.51. The molecule has 2 aromatic rings. The highest BCUT2D eigenvalue weighted by molar-refractivity contribution is 6.35. The van der Waals surface area contributed by atoms with Gasteiger partial charge in [-0.25, -0.2) is 14.5 Å². The van der Waals surface area contributed by atoms with Crippen LogP contribution in [0.25, 0.3) is 0 Å². The number of cyclic esters (lactones) is 1. The van der Waals surface area contributed by atoms with Crippen molar-refractivity contribution in [1.82, 2.24) is 0 Å². The van der Waals surface area contributed by atoms with E-state index in [1.54, 1.807) is 24.3 Å². The smallest absolute Gasteiger partial charge is 0.347 e. The summed E-state index contributed by atoms with van der Waals surface area (Å²) in [7, 11) is 0. The zero-order valence-corrected chi connectivity index (χ0v) is 14.6. The molecule has 0 aromatic heterocycles. The summed E-state index contributed by atoms with van der Waals surface area (Å²) in [5.41, 5.74) is 0.737. The van der Waals surface area contributed by atoms with Crippen LogP contribution in [0, 0.1) is 0 Å².